The van der Waals surface area contributed by atoms with Crippen LogP contribution >= 0.6 is 0 Å². The molecule has 0 aliphatic heterocycles. The largest absolute Gasteiger partial charge is 0.314 e. The van der Waals surface area contributed by atoms with Crippen LogP contribution in [0.2, 0.25) is 0 Å². The molecule has 2 nitrogen and oxygen atoms in total. The third kappa shape index (κ3) is 4.09. The number of nitrogens with one attached hydrogen (secondary N) is 1. The van der Waals surface area contributed by atoms with E-state index in [1.165, 1.54) is 0 Å². The number of hydrogen-bond donors (Lipinski definition) is 1. The normalized spacial score (nSPS) is 10.5. The van der Waals surface area contributed by atoms with E-state index < -0.39 is 0 Å². The second-order valence-corrected chi connectivity index (χ2v) is 1.80. The third-order valence-electron chi connectivity index (χ3n) is 1.05. The molecule has 0 heterocycles. The minimum absolute atomic E-state index is 0.863. The molecular weight excluding hydrogens is 100 g/mol. The van der Waals surface area contributed by atoms with E-state index in [2.05, 4.69) is 24.2 Å². The van der Waals surface area contributed by atoms with E-state index in [0.717, 1.165) is 19.6 Å². The molecule has 0 bridgehead atoms. The van der Waals surface area contributed by atoms with Gasteiger partial charge in [-0.15, -0.1) is 0 Å². The molecule has 0 atom stereocenters. The number of likely N-dealkylation sites (N-methyl/N-ethyl adjacent to an activating group) is 1. The lowest BCUT2D eigenvalue weighted by molar-refractivity contribution is 0.371. The number of hydrogen-bond acceptors (Lipinski definition) is 2. The Labute approximate surface area is 51.9 Å². The third-order valence-corrected chi connectivity index (χ3v) is 1.05. The lowest BCUT2D eigenvalue weighted by Gasteiger charge is -2.11. The van der Waals surface area contributed by atoms with E-state index in [-0.39, 0.29) is 0 Å². The van der Waals surface area contributed by atoms with Gasteiger partial charge in [0.15, 0.2) is 0 Å². The first-order valence-electron chi connectivity index (χ1n) is 2.79. The van der Waals surface area contributed by atoms with Crippen LogP contribution in [-0.4, -0.2) is 31.6 Å². The highest BCUT2D eigenvalue weighted by atomic mass is 15.1. The number of rotatable bonds is 4. The maximum atomic E-state index is 3.72. The fraction of sp³-hybridized carbons (Fsp3) is 0.667. The molecule has 0 spiro atoms. The van der Waals surface area contributed by atoms with Crippen molar-refractivity contribution in [1.29, 1.82) is 0 Å². The van der Waals surface area contributed by atoms with Crippen molar-refractivity contribution in [2.45, 2.75) is 0 Å². The van der Waals surface area contributed by atoms with E-state index in [1.807, 2.05) is 7.05 Å². The van der Waals surface area contributed by atoms with Crippen LogP contribution in [0.4, 0.5) is 0 Å². The van der Waals surface area contributed by atoms with E-state index in [9.17, 15) is 0 Å². The topological polar surface area (TPSA) is 15.3 Å². The summed E-state index contributed by atoms with van der Waals surface area (Å²) in [5.74, 6) is 0. The van der Waals surface area contributed by atoms with E-state index >= 15 is 0 Å². The van der Waals surface area contributed by atoms with Crippen molar-refractivity contribution in [2.75, 3.05) is 26.7 Å². The first-order valence-corrected chi connectivity index (χ1v) is 2.79. The Morgan fingerprint density at radius 3 is 2.62 bits per heavy atom. The second kappa shape index (κ2) is 5.06. The first-order chi connectivity index (χ1) is 3.81. The average molecular weight is 114 g/mol. The summed E-state index contributed by atoms with van der Waals surface area (Å²) in [4.78, 5) is 2.12. The molecule has 1 N–H and O–H groups in total. The van der Waals surface area contributed by atoms with Crippen molar-refractivity contribution >= 4 is 0 Å². The molecule has 48 valence electrons. The van der Waals surface area contributed by atoms with Crippen molar-refractivity contribution in [3.05, 3.63) is 14.0 Å². The highest BCUT2D eigenvalue weighted by Gasteiger charge is 1.88. The van der Waals surface area contributed by atoms with Crippen LogP contribution in [0.25, 0.3) is 0 Å². The predicted octanol–water partition coefficient (Wildman–Crippen LogP) is 0.133. The zero-order valence-corrected chi connectivity index (χ0v) is 5.48. The molecular formula is C6H14N2. The molecule has 0 amide bonds. The Kier molecular flexibility index (Phi) is 5.01. The van der Waals surface area contributed by atoms with Gasteiger partial charge in [0.25, 0.3) is 0 Å². The van der Waals surface area contributed by atoms with Gasteiger partial charge in [0.1, 0.15) is 0 Å². The smallest absolute Gasteiger partial charge is 0.0104 e. The van der Waals surface area contributed by atoms with Gasteiger partial charge in [0.05, 0.1) is 0 Å². The Balaban J connectivity index is 2.86. The van der Waals surface area contributed by atoms with Gasteiger partial charge in [-0.1, -0.05) is 0 Å². The van der Waals surface area contributed by atoms with E-state index in [4.69, 9.17) is 0 Å². The molecule has 2 heteroatoms. The molecule has 0 unspecified atom stereocenters. The molecule has 0 saturated heterocycles. The van der Waals surface area contributed by atoms with Crippen LogP contribution in [0.3, 0.4) is 0 Å². The fourth-order valence-electron chi connectivity index (χ4n) is 0.382. The van der Waals surface area contributed by atoms with Gasteiger partial charge in [0, 0.05) is 20.1 Å². The molecule has 2 radical (unpaired) electrons. The van der Waals surface area contributed by atoms with Gasteiger partial charge >= 0.3 is 0 Å². The van der Waals surface area contributed by atoms with Gasteiger partial charge in [-0.25, -0.2) is 0 Å². The lowest BCUT2D eigenvalue weighted by Crippen LogP contribution is -2.26. The quantitative estimate of drug-likeness (QED) is 0.559. The molecule has 0 saturated carbocycles. The maximum absolute atomic E-state index is 3.72. The standard InChI is InChI=1S/C6H14N2/c1-4-8(3)6-5-7-2/h7H,1-2,4-6H2,3H3. The molecule has 0 fully saturated rings. The summed E-state index contributed by atoms with van der Waals surface area (Å²) in [7, 11) is 5.53. The van der Waals surface area contributed by atoms with Crippen molar-refractivity contribution in [3.8, 4) is 0 Å². The van der Waals surface area contributed by atoms with Crippen molar-refractivity contribution in [3.63, 3.8) is 0 Å². The Bertz CT molecular complexity index is 45.8. The summed E-state index contributed by atoms with van der Waals surface area (Å²) >= 11 is 0. The molecule has 0 aromatic rings. The van der Waals surface area contributed by atoms with Gasteiger partial charge < -0.3 is 10.2 Å². The van der Waals surface area contributed by atoms with E-state index in [0.29, 0.717) is 0 Å². The minimum atomic E-state index is 0.863. The molecule has 0 aromatic carbocycles. The summed E-state index contributed by atoms with van der Waals surface area (Å²) in [6.45, 7) is 6.54. The summed E-state index contributed by atoms with van der Waals surface area (Å²) in [5.41, 5.74) is 0. The Hall–Kier alpha value is -0.0800. The minimum Gasteiger partial charge on any atom is -0.314 e. The van der Waals surface area contributed by atoms with Gasteiger partial charge in [-0.3, -0.25) is 0 Å². The zero-order chi connectivity index (χ0) is 6.41. The van der Waals surface area contributed by atoms with Gasteiger partial charge in [-0.05, 0) is 20.5 Å². The van der Waals surface area contributed by atoms with Crippen LogP contribution in [0.15, 0.2) is 0 Å². The van der Waals surface area contributed by atoms with Crippen LogP contribution in [0.1, 0.15) is 0 Å². The summed E-state index contributed by atoms with van der Waals surface area (Å²) < 4.78 is 0. The maximum Gasteiger partial charge on any atom is 0.0104 e. The van der Waals surface area contributed by atoms with Crippen molar-refractivity contribution < 1.29 is 0 Å². The highest BCUT2D eigenvalue weighted by Crippen LogP contribution is 1.75. The van der Waals surface area contributed by atoms with Crippen molar-refractivity contribution in [2.24, 2.45) is 0 Å². The zero-order valence-electron chi connectivity index (χ0n) is 5.48. The Morgan fingerprint density at radius 2 is 2.25 bits per heavy atom. The molecule has 0 aromatic heterocycles. The molecule has 0 aliphatic rings. The monoisotopic (exact) mass is 114 g/mol. The van der Waals surface area contributed by atoms with E-state index in [1.54, 1.807) is 0 Å². The second-order valence-electron chi connectivity index (χ2n) is 1.80. The molecule has 0 rings (SSSR count). The summed E-state index contributed by atoms with van der Waals surface area (Å²) in [5, 5.41) is 2.81. The number of nitrogens with zero attached hydrogens (tertiary/aromatic N) is 1. The summed E-state index contributed by atoms with van der Waals surface area (Å²) in [6.07, 6.45) is 0. The lowest BCUT2D eigenvalue weighted by atomic mass is 10.5. The van der Waals surface area contributed by atoms with Crippen LogP contribution in [0, 0.1) is 14.0 Å². The Morgan fingerprint density at radius 1 is 1.62 bits per heavy atom. The SMILES string of the molecule is [CH2]CN(C)CCN[CH2]. The van der Waals surface area contributed by atoms with Gasteiger partial charge in [-0.2, -0.15) is 0 Å². The van der Waals surface area contributed by atoms with Crippen molar-refractivity contribution in [1.82, 2.24) is 10.2 Å². The van der Waals surface area contributed by atoms with Crippen LogP contribution in [0.5, 0.6) is 0 Å². The predicted molar refractivity (Wildman–Crippen MR) is 36.2 cm³/mol. The highest BCUT2D eigenvalue weighted by molar-refractivity contribution is 4.53. The van der Waals surface area contributed by atoms with Gasteiger partial charge in [0.2, 0.25) is 0 Å². The summed E-state index contributed by atoms with van der Waals surface area (Å²) in [6, 6.07) is 0. The van der Waals surface area contributed by atoms with Crippen LogP contribution in [-0.2, 0) is 0 Å². The first kappa shape index (κ1) is 7.92. The molecule has 8 heavy (non-hydrogen) atoms. The molecule has 0 aliphatic carbocycles. The fourth-order valence-corrected chi connectivity index (χ4v) is 0.382. The van der Waals surface area contributed by atoms with Crippen LogP contribution < -0.4 is 5.32 Å². The average Bonchev–Trinajstić information content (AvgIpc) is 1.83.